The van der Waals surface area contributed by atoms with Gasteiger partial charge in [0.1, 0.15) is 10.7 Å². The third-order valence-electron chi connectivity index (χ3n) is 3.29. The minimum absolute atomic E-state index is 0.0167. The molecule has 0 aliphatic carbocycles. The first kappa shape index (κ1) is 15.7. The molecule has 2 N–H and O–H groups in total. The van der Waals surface area contributed by atoms with Crippen molar-refractivity contribution in [2.75, 3.05) is 31.6 Å². The second kappa shape index (κ2) is 6.38. The molecule has 6 nitrogen and oxygen atoms in total. The number of pyridine rings is 1. The van der Waals surface area contributed by atoms with Crippen molar-refractivity contribution in [3.63, 3.8) is 0 Å². The van der Waals surface area contributed by atoms with Crippen molar-refractivity contribution in [3.05, 3.63) is 16.7 Å². The van der Waals surface area contributed by atoms with Crippen LogP contribution < -0.4 is 5.32 Å². The molecule has 20 heavy (non-hydrogen) atoms. The highest BCUT2D eigenvalue weighted by molar-refractivity contribution is 9.10. The Balaban J connectivity index is 2.36. The van der Waals surface area contributed by atoms with Crippen LogP contribution in [0.5, 0.6) is 0 Å². The van der Waals surface area contributed by atoms with Crippen LogP contribution in [0.15, 0.2) is 21.6 Å². The maximum atomic E-state index is 12.7. The number of halogens is 1. The van der Waals surface area contributed by atoms with Crippen LogP contribution in [0.25, 0.3) is 0 Å². The van der Waals surface area contributed by atoms with E-state index in [2.05, 4.69) is 26.2 Å². The van der Waals surface area contributed by atoms with Crippen LogP contribution in [-0.2, 0) is 10.0 Å². The Kier molecular flexibility index (Phi) is 5.00. The lowest BCUT2D eigenvalue weighted by Crippen LogP contribution is -2.30. The Morgan fingerprint density at radius 3 is 2.95 bits per heavy atom. The molecular weight excluding hydrogens is 346 g/mol. The van der Waals surface area contributed by atoms with E-state index in [1.165, 1.54) is 4.31 Å². The molecule has 112 valence electrons. The molecule has 1 saturated heterocycles. The second-order valence-electron chi connectivity index (χ2n) is 4.73. The van der Waals surface area contributed by atoms with E-state index in [0.717, 1.165) is 0 Å². The smallest absolute Gasteiger partial charge is 0.246 e. The fourth-order valence-corrected chi connectivity index (χ4v) is 4.38. The van der Waals surface area contributed by atoms with Crippen molar-refractivity contribution >= 4 is 31.8 Å². The number of hydrogen-bond donors (Lipinski definition) is 2. The maximum absolute atomic E-state index is 12.7. The Morgan fingerprint density at radius 2 is 2.35 bits per heavy atom. The van der Waals surface area contributed by atoms with E-state index < -0.39 is 10.0 Å². The fourth-order valence-electron chi connectivity index (χ4n) is 2.22. The van der Waals surface area contributed by atoms with E-state index in [4.69, 9.17) is 5.11 Å². The quantitative estimate of drug-likeness (QED) is 0.823. The van der Waals surface area contributed by atoms with Gasteiger partial charge in [-0.1, -0.05) is 0 Å². The predicted molar refractivity (Wildman–Crippen MR) is 80.1 cm³/mol. The first-order valence-electron chi connectivity index (χ1n) is 6.49. The number of aromatic nitrogens is 1. The summed E-state index contributed by atoms with van der Waals surface area (Å²) in [6.07, 6.45) is 2.26. The van der Waals surface area contributed by atoms with Crippen LogP contribution in [0.4, 0.5) is 5.82 Å². The van der Waals surface area contributed by atoms with Gasteiger partial charge in [-0.3, -0.25) is 0 Å². The van der Waals surface area contributed by atoms with E-state index in [-0.39, 0.29) is 17.4 Å². The maximum Gasteiger partial charge on any atom is 0.246 e. The Hall–Kier alpha value is -0.700. The molecule has 0 radical (unpaired) electrons. The molecule has 1 aliphatic heterocycles. The Labute approximate surface area is 127 Å². The number of anilines is 1. The molecule has 1 aromatic heterocycles. The lowest BCUT2D eigenvalue weighted by Gasteiger charge is -2.18. The summed E-state index contributed by atoms with van der Waals surface area (Å²) in [5.74, 6) is 0.385. The number of hydrogen-bond acceptors (Lipinski definition) is 5. The third kappa shape index (κ3) is 3.13. The van der Waals surface area contributed by atoms with Crippen molar-refractivity contribution in [2.45, 2.75) is 18.2 Å². The molecule has 0 bridgehead atoms. The highest BCUT2D eigenvalue weighted by Crippen LogP contribution is 2.29. The van der Waals surface area contributed by atoms with Crippen LogP contribution in [0.1, 0.15) is 13.3 Å². The van der Waals surface area contributed by atoms with E-state index >= 15 is 0 Å². The van der Waals surface area contributed by atoms with Crippen LogP contribution in [0, 0.1) is 5.92 Å². The van der Waals surface area contributed by atoms with Gasteiger partial charge in [-0.25, -0.2) is 13.4 Å². The van der Waals surface area contributed by atoms with Gasteiger partial charge in [-0.2, -0.15) is 4.31 Å². The zero-order valence-corrected chi connectivity index (χ0v) is 13.6. The number of nitrogens with one attached hydrogen (secondary N) is 1. The number of rotatable bonds is 5. The molecular formula is C12H18BrN3O3S. The molecule has 0 spiro atoms. The molecule has 8 heteroatoms. The van der Waals surface area contributed by atoms with Gasteiger partial charge < -0.3 is 10.4 Å². The lowest BCUT2D eigenvalue weighted by atomic mass is 10.1. The van der Waals surface area contributed by atoms with Gasteiger partial charge in [-0.05, 0) is 41.3 Å². The summed E-state index contributed by atoms with van der Waals surface area (Å²) in [7, 11) is -3.59. The molecule has 1 fully saturated rings. The van der Waals surface area contributed by atoms with E-state index in [1.807, 2.05) is 6.92 Å². The van der Waals surface area contributed by atoms with Crippen LogP contribution >= 0.6 is 15.9 Å². The summed E-state index contributed by atoms with van der Waals surface area (Å²) in [6, 6.07) is 1.56. The molecule has 1 unspecified atom stereocenters. The lowest BCUT2D eigenvalue weighted by molar-refractivity contribution is 0.233. The Morgan fingerprint density at radius 1 is 1.60 bits per heavy atom. The molecule has 2 rings (SSSR count). The summed E-state index contributed by atoms with van der Waals surface area (Å²) in [6.45, 7) is 3.29. The van der Waals surface area contributed by atoms with Crippen LogP contribution in [0.2, 0.25) is 0 Å². The number of sulfonamides is 1. The topological polar surface area (TPSA) is 82.5 Å². The monoisotopic (exact) mass is 363 g/mol. The third-order valence-corrected chi connectivity index (χ3v) is 5.60. The first-order chi connectivity index (χ1) is 9.48. The minimum Gasteiger partial charge on any atom is -0.396 e. The van der Waals surface area contributed by atoms with Crippen molar-refractivity contribution in [2.24, 2.45) is 5.92 Å². The summed E-state index contributed by atoms with van der Waals surface area (Å²) in [5.41, 5.74) is 0. The number of aliphatic hydroxyl groups is 1. The second-order valence-corrected chi connectivity index (χ2v) is 7.55. The first-order valence-corrected chi connectivity index (χ1v) is 8.72. The van der Waals surface area contributed by atoms with E-state index in [1.54, 1.807) is 12.3 Å². The van der Waals surface area contributed by atoms with Gasteiger partial charge in [0.2, 0.25) is 10.0 Å². The molecule has 0 saturated carbocycles. The van der Waals surface area contributed by atoms with Crippen LogP contribution in [-0.4, -0.2) is 49.1 Å². The number of aliphatic hydroxyl groups excluding tert-OH is 1. The van der Waals surface area contributed by atoms with Crippen LogP contribution in [0.3, 0.4) is 0 Å². The highest BCUT2D eigenvalue weighted by Gasteiger charge is 2.34. The van der Waals surface area contributed by atoms with Crippen molar-refractivity contribution in [3.8, 4) is 0 Å². The zero-order valence-electron chi connectivity index (χ0n) is 11.2. The summed E-state index contributed by atoms with van der Waals surface area (Å²) in [5, 5.41) is 12.1. The van der Waals surface area contributed by atoms with Gasteiger partial charge >= 0.3 is 0 Å². The van der Waals surface area contributed by atoms with Crippen molar-refractivity contribution in [1.82, 2.24) is 9.29 Å². The molecule has 1 aliphatic rings. The average Bonchev–Trinajstić information content (AvgIpc) is 2.90. The average molecular weight is 364 g/mol. The zero-order chi connectivity index (χ0) is 14.8. The predicted octanol–water partition coefficient (Wildman–Crippen LogP) is 1.28. The van der Waals surface area contributed by atoms with Gasteiger partial charge in [-0.15, -0.1) is 0 Å². The van der Waals surface area contributed by atoms with E-state index in [9.17, 15) is 8.42 Å². The molecule has 2 heterocycles. The number of nitrogens with zero attached hydrogens (tertiary/aromatic N) is 2. The normalized spacial score (nSPS) is 20.2. The van der Waals surface area contributed by atoms with Crippen molar-refractivity contribution in [1.29, 1.82) is 0 Å². The molecule has 1 aromatic rings. The van der Waals surface area contributed by atoms with Gasteiger partial charge in [0, 0.05) is 36.9 Å². The molecule has 0 aromatic carbocycles. The molecule has 0 amide bonds. The van der Waals surface area contributed by atoms with E-state index in [0.29, 0.717) is 36.3 Å². The fraction of sp³-hybridized carbons (Fsp3) is 0.583. The Bertz CT molecular complexity index is 579. The van der Waals surface area contributed by atoms with Crippen molar-refractivity contribution < 1.29 is 13.5 Å². The highest BCUT2D eigenvalue weighted by atomic mass is 79.9. The SMILES string of the molecule is CCNc1ncc(Br)cc1S(=O)(=O)N1CCC(CO)C1. The van der Waals surface area contributed by atoms with Gasteiger partial charge in [0.25, 0.3) is 0 Å². The molecule has 1 atom stereocenters. The van der Waals surface area contributed by atoms with Gasteiger partial charge in [0.05, 0.1) is 0 Å². The summed E-state index contributed by atoms with van der Waals surface area (Å²) in [4.78, 5) is 4.31. The standard InChI is InChI=1S/C12H18BrN3O3S/c1-2-14-12-11(5-10(13)6-15-12)20(18,19)16-4-3-9(7-16)8-17/h5-6,9,17H,2-4,7-8H2,1H3,(H,14,15). The van der Waals surface area contributed by atoms with Gasteiger partial charge in [0.15, 0.2) is 0 Å². The minimum atomic E-state index is -3.59. The summed E-state index contributed by atoms with van der Waals surface area (Å²) < 4.78 is 27.4. The summed E-state index contributed by atoms with van der Waals surface area (Å²) >= 11 is 3.26. The largest absolute Gasteiger partial charge is 0.396 e.